The maximum atomic E-state index is 5.28. The van der Waals surface area contributed by atoms with Crippen LogP contribution in [0.25, 0.3) is 0 Å². The van der Waals surface area contributed by atoms with Gasteiger partial charge < -0.3 is 4.42 Å². The smallest absolute Gasteiger partial charge is 0.113 e. The molecular formula is C13H14OS. The molecule has 78 valence electrons. The second-order valence-corrected chi connectivity index (χ2v) is 4.48. The average Bonchev–Trinajstić information content (AvgIpc) is 2.74. The molecule has 0 unspecified atom stereocenters. The van der Waals surface area contributed by atoms with Gasteiger partial charge in [-0.2, -0.15) is 0 Å². The van der Waals surface area contributed by atoms with E-state index in [-0.39, 0.29) is 0 Å². The maximum absolute atomic E-state index is 5.28. The lowest BCUT2D eigenvalue weighted by atomic mass is 10.1. The van der Waals surface area contributed by atoms with Crippen molar-refractivity contribution >= 4 is 11.8 Å². The highest BCUT2D eigenvalue weighted by Gasteiger charge is 1.99. The molecule has 0 bridgehead atoms. The van der Waals surface area contributed by atoms with E-state index in [4.69, 9.17) is 4.42 Å². The van der Waals surface area contributed by atoms with E-state index in [0.29, 0.717) is 0 Å². The zero-order valence-corrected chi connectivity index (χ0v) is 9.59. The van der Waals surface area contributed by atoms with Crippen molar-refractivity contribution in [3.05, 3.63) is 59.5 Å². The SMILES string of the molecule is Cc1ccccc1CSCc1ccco1. The van der Waals surface area contributed by atoms with E-state index in [2.05, 4.69) is 31.2 Å². The van der Waals surface area contributed by atoms with Gasteiger partial charge in [0.25, 0.3) is 0 Å². The molecule has 0 fully saturated rings. The van der Waals surface area contributed by atoms with Crippen LogP contribution in [0.1, 0.15) is 16.9 Å². The molecule has 2 heteroatoms. The summed E-state index contributed by atoms with van der Waals surface area (Å²) in [6.07, 6.45) is 1.73. The molecule has 1 heterocycles. The Morgan fingerprint density at radius 1 is 1.07 bits per heavy atom. The number of benzene rings is 1. The molecule has 1 aromatic heterocycles. The normalized spacial score (nSPS) is 10.5. The summed E-state index contributed by atoms with van der Waals surface area (Å²) in [5.41, 5.74) is 2.78. The topological polar surface area (TPSA) is 13.1 Å². The molecule has 2 aromatic rings. The molecule has 15 heavy (non-hydrogen) atoms. The Balaban J connectivity index is 1.86. The summed E-state index contributed by atoms with van der Waals surface area (Å²) in [5.74, 6) is 3.04. The Morgan fingerprint density at radius 2 is 1.93 bits per heavy atom. The first-order valence-electron chi connectivity index (χ1n) is 5.01. The predicted octanol–water partition coefficient (Wildman–Crippen LogP) is 4.02. The van der Waals surface area contributed by atoms with Crippen molar-refractivity contribution in [1.82, 2.24) is 0 Å². The standard InChI is InChI=1S/C13H14OS/c1-11-5-2-3-6-12(11)9-15-10-13-7-4-8-14-13/h2-8H,9-10H2,1H3. The minimum Gasteiger partial charge on any atom is -0.468 e. The van der Waals surface area contributed by atoms with Crippen molar-refractivity contribution in [2.24, 2.45) is 0 Å². The third kappa shape index (κ3) is 2.90. The van der Waals surface area contributed by atoms with Crippen LogP contribution in [0.3, 0.4) is 0 Å². The first-order valence-corrected chi connectivity index (χ1v) is 6.16. The Labute approximate surface area is 94.5 Å². The van der Waals surface area contributed by atoms with E-state index in [1.807, 2.05) is 23.9 Å². The largest absolute Gasteiger partial charge is 0.468 e. The number of aryl methyl sites for hydroxylation is 1. The molecular weight excluding hydrogens is 204 g/mol. The maximum Gasteiger partial charge on any atom is 0.113 e. The van der Waals surface area contributed by atoms with Crippen LogP contribution in [0.2, 0.25) is 0 Å². The van der Waals surface area contributed by atoms with Crippen molar-refractivity contribution in [3.63, 3.8) is 0 Å². The second kappa shape index (κ2) is 5.08. The van der Waals surface area contributed by atoms with Crippen LogP contribution in [0.15, 0.2) is 47.1 Å². The van der Waals surface area contributed by atoms with Crippen LogP contribution in [-0.4, -0.2) is 0 Å². The number of hydrogen-bond donors (Lipinski definition) is 0. The van der Waals surface area contributed by atoms with Crippen LogP contribution in [0.4, 0.5) is 0 Å². The van der Waals surface area contributed by atoms with Gasteiger partial charge in [-0.3, -0.25) is 0 Å². The molecule has 0 saturated heterocycles. The quantitative estimate of drug-likeness (QED) is 0.768. The lowest BCUT2D eigenvalue weighted by Crippen LogP contribution is -1.85. The van der Waals surface area contributed by atoms with Gasteiger partial charge in [0.05, 0.1) is 12.0 Å². The van der Waals surface area contributed by atoms with Gasteiger partial charge in [0.2, 0.25) is 0 Å². The lowest BCUT2D eigenvalue weighted by molar-refractivity contribution is 0.530. The predicted molar refractivity (Wildman–Crippen MR) is 64.9 cm³/mol. The van der Waals surface area contributed by atoms with Crippen molar-refractivity contribution in [2.45, 2.75) is 18.4 Å². The van der Waals surface area contributed by atoms with Gasteiger partial charge in [-0.05, 0) is 30.2 Å². The van der Waals surface area contributed by atoms with E-state index in [1.165, 1.54) is 11.1 Å². The van der Waals surface area contributed by atoms with Crippen molar-refractivity contribution in [1.29, 1.82) is 0 Å². The van der Waals surface area contributed by atoms with Gasteiger partial charge in [-0.1, -0.05) is 24.3 Å². The van der Waals surface area contributed by atoms with Gasteiger partial charge in [0, 0.05) is 5.75 Å². The van der Waals surface area contributed by atoms with Crippen molar-refractivity contribution in [2.75, 3.05) is 0 Å². The van der Waals surface area contributed by atoms with Crippen molar-refractivity contribution < 1.29 is 4.42 Å². The third-order valence-electron chi connectivity index (χ3n) is 2.34. The molecule has 0 radical (unpaired) electrons. The highest BCUT2D eigenvalue weighted by Crippen LogP contribution is 2.19. The molecule has 0 atom stereocenters. The highest BCUT2D eigenvalue weighted by molar-refractivity contribution is 7.97. The minimum absolute atomic E-state index is 0.946. The van der Waals surface area contributed by atoms with E-state index in [0.717, 1.165) is 17.3 Å². The fourth-order valence-corrected chi connectivity index (χ4v) is 2.44. The summed E-state index contributed by atoms with van der Waals surface area (Å²) < 4.78 is 5.28. The van der Waals surface area contributed by atoms with Gasteiger partial charge in [0.15, 0.2) is 0 Å². The Morgan fingerprint density at radius 3 is 2.67 bits per heavy atom. The zero-order valence-electron chi connectivity index (χ0n) is 8.77. The molecule has 1 nitrogen and oxygen atoms in total. The summed E-state index contributed by atoms with van der Waals surface area (Å²) in [6, 6.07) is 12.5. The molecule has 0 spiro atoms. The summed E-state index contributed by atoms with van der Waals surface area (Å²) in [4.78, 5) is 0. The minimum atomic E-state index is 0.946. The molecule has 1 aromatic carbocycles. The van der Waals surface area contributed by atoms with E-state index in [9.17, 15) is 0 Å². The third-order valence-corrected chi connectivity index (χ3v) is 3.35. The second-order valence-electron chi connectivity index (χ2n) is 3.50. The number of hydrogen-bond acceptors (Lipinski definition) is 2. The molecule has 0 aliphatic rings. The van der Waals surface area contributed by atoms with Gasteiger partial charge in [-0.25, -0.2) is 0 Å². The molecule has 0 aliphatic heterocycles. The van der Waals surface area contributed by atoms with Crippen LogP contribution in [0, 0.1) is 6.92 Å². The average molecular weight is 218 g/mol. The molecule has 2 rings (SSSR count). The summed E-state index contributed by atoms with van der Waals surface area (Å²) in [5, 5.41) is 0. The summed E-state index contributed by atoms with van der Waals surface area (Å²) in [7, 11) is 0. The van der Waals surface area contributed by atoms with Gasteiger partial charge in [-0.15, -0.1) is 11.8 Å². The Kier molecular flexibility index (Phi) is 3.51. The first kappa shape index (κ1) is 10.4. The molecule has 0 saturated carbocycles. The first-order chi connectivity index (χ1) is 7.36. The monoisotopic (exact) mass is 218 g/mol. The number of thioether (sulfide) groups is 1. The van der Waals surface area contributed by atoms with Crippen LogP contribution >= 0.6 is 11.8 Å². The molecule has 0 aliphatic carbocycles. The summed E-state index contributed by atoms with van der Waals surface area (Å²) >= 11 is 1.88. The summed E-state index contributed by atoms with van der Waals surface area (Å²) in [6.45, 7) is 2.16. The highest BCUT2D eigenvalue weighted by atomic mass is 32.2. The Hall–Kier alpha value is -1.15. The lowest BCUT2D eigenvalue weighted by Gasteiger charge is -2.03. The van der Waals surface area contributed by atoms with Crippen LogP contribution < -0.4 is 0 Å². The van der Waals surface area contributed by atoms with Gasteiger partial charge in [0.1, 0.15) is 5.76 Å². The van der Waals surface area contributed by atoms with E-state index >= 15 is 0 Å². The van der Waals surface area contributed by atoms with Crippen LogP contribution in [0.5, 0.6) is 0 Å². The van der Waals surface area contributed by atoms with Crippen LogP contribution in [-0.2, 0) is 11.5 Å². The Bertz CT molecular complexity index is 406. The fourth-order valence-electron chi connectivity index (χ4n) is 1.43. The van der Waals surface area contributed by atoms with E-state index in [1.54, 1.807) is 6.26 Å². The zero-order chi connectivity index (χ0) is 10.5. The van der Waals surface area contributed by atoms with Crippen molar-refractivity contribution in [3.8, 4) is 0 Å². The van der Waals surface area contributed by atoms with E-state index < -0.39 is 0 Å². The van der Waals surface area contributed by atoms with Gasteiger partial charge >= 0.3 is 0 Å². The molecule has 0 amide bonds. The fraction of sp³-hybridized carbons (Fsp3) is 0.231. The molecule has 0 N–H and O–H groups in total. The number of rotatable bonds is 4. The number of furan rings is 1.